The van der Waals surface area contributed by atoms with Crippen molar-refractivity contribution in [3.05, 3.63) is 96.3 Å². The van der Waals surface area contributed by atoms with E-state index in [4.69, 9.17) is 15.0 Å². The van der Waals surface area contributed by atoms with Gasteiger partial charge in [-0.3, -0.25) is 9.47 Å². The summed E-state index contributed by atoms with van der Waals surface area (Å²) in [5, 5.41) is 0. The molecule has 0 saturated carbocycles. The second kappa shape index (κ2) is 12.7. The number of aryl methyl sites for hydroxylation is 1. The van der Waals surface area contributed by atoms with E-state index in [9.17, 15) is 0 Å². The number of fused-ring (bicyclic) bond motifs is 1. The van der Waals surface area contributed by atoms with Crippen molar-refractivity contribution in [1.29, 1.82) is 0 Å². The molecule has 0 atom stereocenters. The van der Waals surface area contributed by atoms with Crippen molar-refractivity contribution >= 4 is 35.1 Å². The van der Waals surface area contributed by atoms with Gasteiger partial charge in [-0.15, -0.1) is 12.4 Å². The minimum Gasteiger partial charge on any atom is -0.369 e. The average molecular weight is 568 g/mol. The molecule has 2 aromatic heterocycles. The topological polar surface area (TPSA) is 53.3 Å². The fourth-order valence-corrected chi connectivity index (χ4v) is 5.69. The number of rotatable bonds is 8. The minimum atomic E-state index is 0. The van der Waals surface area contributed by atoms with Crippen LogP contribution in [-0.2, 0) is 0 Å². The Labute approximate surface area is 248 Å². The number of anilines is 2. The van der Waals surface area contributed by atoms with Crippen molar-refractivity contribution in [2.75, 3.05) is 56.1 Å². The van der Waals surface area contributed by atoms with Gasteiger partial charge in [0.05, 0.1) is 0 Å². The largest absolute Gasteiger partial charge is 0.369 e. The number of nitrogens with zero attached hydrogens (tertiary/aromatic N) is 7. The molecule has 0 N–H and O–H groups in total. The number of hydrogen-bond donors (Lipinski definition) is 0. The maximum absolute atomic E-state index is 5.11. The molecule has 7 nitrogen and oxygen atoms in total. The summed E-state index contributed by atoms with van der Waals surface area (Å²) < 4.78 is 2.14. The molecule has 0 radical (unpaired) electrons. The molecule has 0 amide bonds. The number of benzene rings is 3. The molecule has 8 heteroatoms. The SMILES string of the molecule is Cc1cccc(N2CCN(CCCN(C)c3ncnc4c3nc(-c3ccccc3)n4-c3ccccc3)CC2)c1C.Cl. The van der Waals surface area contributed by atoms with Crippen LogP contribution >= 0.6 is 12.4 Å². The van der Waals surface area contributed by atoms with Crippen LogP contribution in [0.5, 0.6) is 0 Å². The summed E-state index contributed by atoms with van der Waals surface area (Å²) >= 11 is 0. The van der Waals surface area contributed by atoms with Crippen molar-refractivity contribution in [1.82, 2.24) is 24.4 Å². The summed E-state index contributed by atoms with van der Waals surface area (Å²) in [5.41, 5.74) is 7.90. The number of aromatic nitrogens is 4. The molecule has 1 aliphatic rings. The highest BCUT2D eigenvalue weighted by molar-refractivity contribution is 5.88. The lowest BCUT2D eigenvalue weighted by atomic mass is 10.1. The lowest BCUT2D eigenvalue weighted by Gasteiger charge is -2.37. The van der Waals surface area contributed by atoms with Crippen LogP contribution in [0.2, 0.25) is 0 Å². The van der Waals surface area contributed by atoms with Crippen molar-refractivity contribution in [2.24, 2.45) is 0 Å². The van der Waals surface area contributed by atoms with E-state index in [-0.39, 0.29) is 12.4 Å². The van der Waals surface area contributed by atoms with Crippen LogP contribution in [0.4, 0.5) is 11.5 Å². The fourth-order valence-electron chi connectivity index (χ4n) is 5.69. The van der Waals surface area contributed by atoms with Gasteiger partial charge in [0, 0.05) is 56.7 Å². The van der Waals surface area contributed by atoms with E-state index >= 15 is 0 Å². The summed E-state index contributed by atoms with van der Waals surface area (Å²) in [5.74, 6) is 1.75. The van der Waals surface area contributed by atoms with Gasteiger partial charge in [0.2, 0.25) is 0 Å². The normalized spacial score (nSPS) is 13.8. The third-order valence-electron chi connectivity index (χ3n) is 8.09. The summed E-state index contributed by atoms with van der Waals surface area (Å²) in [6.07, 6.45) is 2.73. The second-order valence-corrected chi connectivity index (χ2v) is 10.7. The quantitative estimate of drug-likeness (QED) is 0.223. The summed E-state index contributed by atoms with van der Waals surface area (Å²) in [6, 6.07) is 27.3. The maximum atomic E-state index is 5.11. The summed E-state index contributed by atoms with van der Waals surface area (Å²) in [6.45, 7) is 10.8. The molecule has 0 spiro atoms. The fraction of sp³-hybridized carbons (Fsp3) is 0.303. The molecule has 3 heterocycles. The number of para-hydroxylation sites is 1. The Kier molecular flexibility index (Phi) is 8.86. The Bertz CT molecular complexity index is 1580. The van der Waals surface area contributed by atoms with Gasteiger partial charge in [-0.25, -0.2) is 15.0 Å². The van der Waals surface area contributed by atoms with Gasteiger partial charge >= 0.3 is 0 Å². The molecule has 0 bridgehead atoms. The molecule has 5 aromatic rings. The first kappa shape index (κ1) is 28.6. The molecule has 1 fully saturated rings. The minimum absolute atomic E-state index is 0. The third-order valence-corrected chi connectivity index (χ3v) is 8.09. The van der Waals surface area contributed by atoms with Crippen molar-refractivity contribution < 1.29 is 0 Å². The monoisotopic (exact) mass is 567 g/mol. The van der Waals surface area contributed by atoms with Gasteiger partial charge in [-0.1, -0.05) is 60.7 Å². The first-order valence-corrected chi connectivity index (χ1v) is 14.2. The van der Waals surface area contributed by atoms with Crippen LogP contribution in [0.1, 0.15) is 17.5 Å². The van der Waals surface area contributed by atoms with Crippen LogP contribution in [0.25, 0.3) is 28.2 Å². The highest BCUT2D eigenvalue weighted by Gasteiger charge is 2.21. The highest BCUT2D eigenvalue weighted by Crippen LogP contribution is 2.31. The van der Waals surface area contributed by atoms with E-state index in [2.05, 4.69) is 82.6 Å². The Morgan fingerprint density at radius 2 is 1.51 bits per heavy atom. The van der Waals surface area contributed by atoms with Crippen LogP contribution in [0.3, 0.4) is 0 Å². The standard InChI is InChI=1S/C33H37N7.ClH/c1-25-12-10-17-29(26(25)2)39-22-20-38(21-23-39)19-11-18-37(3)32-30-33(35-24-34-32)40(28-15-8-5-9-16-28)31(36-30)27-13-6-4-7-14-27;/h4-10,12-17,24H,11,18-23H2,1-3H3;1H. The number of imidazole rings is 1. The predicted molar refractivity (Wildman–Crippen MR) is 172 cm³/mol. The number of piperazine rings is 1. The first-order chi connectivity index (χ1) is 19.6. The van der Waals surface area contributed by atoms with Crippen LogP contribution < -0.4 is 9.80 Å². The van der Waals surface area contributed by atoms with Crippen molar-refractivity contribution in [2.45, 2.75) is 20.3 Å². The van der Waals surface area contributed by atoms with Crippen molar-refractivity contribution in [3.63, 3.8) is 0 Å². The second-order valence-electron chi connectivity index (χ2n) is 10.7. The van der Waals surface area contributed by atoms with Crippen molar-refractivity contribution in [3.8, 4) is 17.1 Å². The Morgan fingerprint density at radius 3 is 2.24 bits per heavy atom. The zero-order chi connectivity index (χ0) is 27.5. The van der Waals surface area contributed by atoms with Crippen LogP contribution in [0, 0.1) is 13.8 Å². The molecule has 0 unspecified atom stereocenters. The Balaban J connectivity index is 0.00000337. The van der Waals surface area contributed by atoms with Crippen LogP contribution in [-0.4, -0.2) is 70.7 Å². The highest BCUT2D eigenvalue weighted by atomic mass is 35.5. The molecular weight excluding hydrogens is 530 g/mol. The predicted octanol–water partition coefficient (Wildman–Crippen LogP) is 6.17. The molecule has 1 aliphatic heterocycles. The zero-order valence-electron chi connectivity index (χ0n) is 24.1. The van der Waals surface area contributed by atoms with Gasteiger partial charge in [0.15, 0.2) is 17.0 Å². The van der Waals surface area contributed by atoms with Gasteiger partial charge in [0.1, 0.15) is 12.2 Å². The number of halogens is 1. The molecule has 3 aromatic carbocycles. The zero-order valence-corrected chi connectivity index (χ0v) is 24.9. The van der Waals surface area contributed by atoms with Gasteiger partial charge < -0.3 is 9.80 Å². The Hall–Kier alpha value is -3.94. The van der Waals surface area contributed by atoms with E-state index in [0.29, 0.717) is 0 Å². The van der Waals surface area contributed by atoms with Gasteiger partial charge in [0.25, 0.3) is 0 Å². The van der Waals surface area contributed by atoms with E-state index in [0.717, 1.165) is 79.7 Å². The summed E-state index contributed by atoms with van der Waals surface area (Å²) in [4.78, 5) is 21.8. The van der Waals surface area contributed by atoms with Gasteiger partial charge in [-0.2, -0.15) is 0 Å². The number of hydrogen-bond acceptors (Lipinski definition) is 6. The smallest absolute Gasteiger partial charge is 0.170 e. The molecule has 1 saturated heterocycles. The third kappa shape index (κ3) is 5.92. The average Bonchev–Trinajstić information content (AvgIpc) is 3.40. The lowest BCUT2D eigenvalue weighted by Crippen LogP contribution is -2.47. The first-order valence-electron chi connectivity index (χ1n) is 14.2. The van der Waals surface area contributed by atoms with Crippen LogP contribution in [0.15, 0.2) is 85.2 Å². The molecule has 6 rings (SSSR count). The van der Waals surface area contributed by atoms with E-state index in [1.165, 1.54) is 16.8 Å². The lowest BCUT2D eigenvalue weighted by molar-refractivity contribution is 0.256. The molecule has 0 aliphatic carbocycles. The summed E-state index contributed by atoms with van der Waals surface area (Å²) in [7, 11) is 2.12. The van der Waals surface area contributed by atoms with E-state index < -0.39 is 0 Å². The van der Waals surface area contributed by atoms with E-state index in [1.54, 1.807) is 6.33 Å². The molecule has 212 valence electrons. The van der Waals surface area contributed by atoms with Gasteiger partial charge in [-0.05, 0) is 56.1 Å². The van der Waals surface area contributed by atoms with E-state index in [1.807, 2.05) is 36.4 Å². The Morgan fingerprint density at radius 1 is 0.805 bits per heavy atom. The molecule has 41 heavy (non-hydrogen) atoms. The maximum Gasteiger partial charge on any atom is 0.170 e. The molecular formula is C33H38ClN7.